The topological polar surface area (TPSA) is 35.2 Å². The third-order valence-electron chi connectivity index (χ3n) is 2.97. The molecule has 2 atom stereocenters. The summed E-state index contributed by atoms with van der Waals surface area (Å²) in [6, 6.07) is 6.35. The van der Waals surface area contributed by atoms with Crippen LogP contribution < -0.4 is 10.5 Å². The van der Waals surface area contributed by atoms with Gasteiger partial charge in [0, 0.05) is 10.1 Å². The van der Waals surface area contributed by atoms with Gasteiger partial charge in [-0.25, -0.2) is 0 Å². The molecule has 2 N–H and O–H groups in total. The second-order valence-electron chi connectivity index (χ2n) is 3.91. The minimum atomic E-state index is 0.588. The molecule has 0 radical (unpaired) electrons. The lowest BCUT2D eigenvalue weighted by atomic mass is 9.93. The van der Waals surface area contributed by atoms with Crippen molar-refractivity contribution in [3.8, 4) is 5.75 Å². The zero-order valence-corrected chi connectivity index (χ0v) is 10.0. The summed E-state index contributed by atoms with van der Waals surface area (Å²) in [5.41, 5.74) is 7.07. The largest absolute Gasteiger partial charge is 0.497 e. The Labute approximate surface area is 95.2 Å². The van der Waals surface area contributed by atoms with Crippen molar-refractivity contribution in [1.82, 2.24) is 0 Å². The van der Waals surface area contributed by atoms with Crippen molar-refractivity contribution in [3.05, 3.63) is 23.8 Å². The normalized spacial score (nSPS) is 23.9. The first-order valence-corrected chi connectivity index (χ1v) is 6.19. The van der Waals surface area contributed by atoms with Crippen molar-refractivity contribution in [2.45, 2.75) is 29.4 Å². The van der Waals surface area contributed by atoms with Gasteiger partial charge in [0.05, 0.1) is 7.11 Å². The molecule has 3 heteroatoms. The molecule has 1 aliphatic rings. The third-order valence-corrected chi connectivity index (χ3v) is 4.30. The van der Waals surface area contributed by atoms with Crippen LogP contribution in [0.5, 0.6) is 5.75 Å². The van der Waals surface area contributed by atoms with Crippen molar-refractivity contribution in [1.29, 1.82) is 0 Å². The molecule has 2 unspecified atom stereocenters. The standard InChI is InChI=1S/C12H17NOS/c1-8-10(5-6-13)11-7-9(14-2)3-4-12(11)15-8/h3-4,7-8,10H,5-6,13H2,1-2H3. The van der Waals surface area contributed by atoms with Crippen LogP contribution in [-0.2, 0) is 0 Å². The molecule has 1 aromatic rings. The van der Waals surface area contributed by atoms with Gasteiger partial charge in [-0.2, -0.15) is 0 Å². The highest BCUT2D eigenvalue weighted by atomic mass is 32.2. The van der Waals surface area contributed by atoms with Crippen LogP contribution in [0.1, 0.15) is 24.8 Å². The van der Waals surface area contributed by atoms with Gasteiger partial charge >= 0.3 is 0 Å². The van der Waals surface area contributed by atoms with Gasteiger partial charge in [-0.1, -0.05) is 6.92 Å². The Morgan fingerprint density at radius 2 is 2.27 bits per heavy atom. The van der Waals surface area contributed by atoms with Crippen LogP contribution in [0.2, 0.25) is 0 Å². The number of nitrogens with two attached hydrogens (primary N) is 1. The van der Waals surface area contributed by atoms with Crippen molar-refractivity contribution in [3.63, 3.8) is 0 Å². The summed E-state index contributed by atoms with van der Waals surface area (Å²) < 4.78 is 5.26. The van der Waals surface area contributed by atoms with E-state index in [0.717, 1.165) is 18.7 Å². The zero-order valence-electron chi connectivity index (χ0n) is 9.19. The van der Waals surface area contributed by atoms with Gasteiger partial charge in [0.2, 0.25) is 0 Å². The van der Waals surface area contributed by atoms with Gasteiger partial charge < -0.3 is 10.5 Å². The van der Waals surface area contributed by atoms with Crippen LogP contribution in [-0.4, -0.2) is 18.9 Å². The van der Waals surface area contributed by atoms with E-state index < -0.39 is 0 Å². The summed E-state index contributed by atoms with van der Waals surface area (Å²) in [4.78, 5) is 1.39. The number of ether oxygens (including phenoxy) is 1. The molecule has 0 fully saturated rings. The lowest BCUT2D eigenvalue weighted by Crippen LogP contribution is -2.12. The van der Waals surface area contributed by atoms with Gasteiger partial charge in [0.25, 0.3) is 0 Å². The number of rotatable bonds is 3. The number of thioether (sulfide) groups is 1. The Morgan fingerprint density at radius 3 is 2.93 bits per heavy atom. The van der Waals surface area contributed by atoms with E-state index in [9.17, 15) is 0 Å². The average Bonchev–Trinajstić information content (AvgIpc) is 2.55. The smallest absolute Gasteiger partial charge is 0.119 e. The fourth-order valence-electron chi connectivity index (χ4n) is 2.16. The fourth-order valence-corrected chi connectivity index (χ4v) is 3.50. The molecule has 1 aliphatic heterocycles. The number of fused-ring (bicyclic) bond motifs is 1. The highest BCUT2D eigenvalue weighted by Crippen LogP contribution is 2.47. The first kappa shape index (κ1) is 10.8. The summed E-state index contributed by atoms with van der Waals surface area (Å²) in [6.45, 7) is 3.03. The summed E-state index contributed by atoms with van der Waals surface area (Å²) in [7, 11) is 1.71. The van der Waals surface area contributed by atoms with Gasteiger partial charge in [-0.3, -0.25) is 0 Å². The van der Waals surface area contributed by atoms with E-state index in [2.05, 4.69) is 19.1 Å². The predicted octanol–water partition coefficient (Wildman–Crippen LogP) is 2.62. The minimum Gasteiger partial charge on any atom is -0.497 e. The first-order valence-electron chi connectivity index (χ1n) is 5.31. The maximum absolute atomic E-state index is 5.66. The molecule has 1 aromatic carbocycles. The molecular weight excluding hydrogens is 206 g/mol. The Bertz CT molecular complexity index is 353. The van der Waals surface area contributed by atoms with E-state index in [1.807, 2.05) is 17.8 Å². The van der Waals surface area contributed by atoms with Crippen LogP contribution in [0.25, 0.3) is 0 Å². The molecule has 2 rings (SSSR count). The minimum absolute atomic E-state index is 0.588. The molecule has 15 heavy (non-hydrogen) atoms. The Balaban J connectivity index is 2.32. The van der Waals surface area contributed by atoms with Crippen molar-refractivity contribution < 1.29 is 4.74 Å². The Morgan fingerprint density at radius 1 is 1.47 bits per heavy atom. The zero-order chi connectivity index (χ0) is 10.8. The number of benzene rings is 1. The summed E-state index contributed by atoms with van der Waals surface area (Å²) in [6.07, 6.45) is 1.06. The van der Waals surface area contributed by atoms with E-state index in [-0.39, 0.29) is 0 Å². The van der Waals surface area contributed by atoms with Crippen molar-refractivity contribution >= 4 is 11.8 Å². The van der Waals surface area contributed by atoms with E-state index in [4.69, 9.17) is 10.5 Å². The van der Waals surface area contributed by atoms with E-state index in [0.29, 0.717) is 11.2 Å². The quantitative estimate of drug-likeness (QED) is 0.855. The van der Waals surface area contributed by atoms with Gasteiger partial charge in [-0.15, -0.1) is 11.8 Å². The molecule has 2 nitrogen and oxygen atoms in total. The third kappa shape index (κ3) is 1.99. The molecule has 0 aliphatic carbocycles. The monoisotopic (exact) mass is 223 g/mol. The van der Waals surface area contributed by atoms with Gasteiger partial charge in [0.15, 0.2) is 0 Å². The molecule has 0 saturated carbocycles. The molecule has 0 spiro atoms. The number of methoxy groups -OCH3 is 1. The summed E-state index contributed by atoms with van der Waals surface area (Å²) >= 11 is 1.95. The molecule has 1 heterocycles. The lowest BCUT2D eigenvalue weighted by Gasteiger charge is -2.14. The van der Waals surface area contributed by atoms with Crippen LogP contribution in [0.4, 0.5) is 0 Å². The molecule has 0 aromatic heterocycles. The van der Waals surface area contributed by atoms with E-state index in [1.54, 1.807) is 7.11 Å². The summed E-state index contributed by atoms with van der Waals surface area (Å²) in [5.74, 6) is 1.54. The lowest BCUT2D eigenvalue weighted by molar-refractivity contribution is 0.413. The molecule has 0 amide bonds. The predicted molar refractivity (Wildman–Crippen MR) is 64.7 cm³/mol. The second kappa shape index (κ2) is 4.45. The SMILES string of the molecule is COc1ccc2c(c1)C(CCN)C(C)S2. The van der Waals surface area contributed by atoms with Gasteiger partial charge in [-0.05, 0) is 42.6 Å². The Hall–Kier alpha value is -0.670. The summed E-state index contributed by atoms with van der Waals surface area (Å²) in [5, 5.41) is 0.635. The second-order valence-corrected chi connectivity index (χ2v) is 5.33. The highest BCUT2D eigenvalue weighted by molar-refractivity contribution is 8.00. The first-order chi connectivity index (χ1) is 7.26. The maximum Gasteiger partial charge on any atom is 0.119 e. The number of hydrogen-bond donors (Lipinski definition) is 1. The van der Waals surface area contributed by atoms with Crippen molar-refractivity contribution in [2.75, 3.05) is 13.7 Å². The van der Waals surface area contributed by atoms with E-state index in [1.165, 1.54) is 10.5 Å². The average molecular weight is 223 g/mol. The molecule has 82 valence electrons. The van der Waals surface area contributed by atoms with Crippen molar-refractivity contribution in [2.24, 2.45) is 5.73 Å². The van der Waals surface area contributed by atoms with Crippen LogP contribution >= 0.6 is 11.8 Å². The molecular formula is C12H17NOS. The van der Waals surface area contributed by atoms with Gasteiger partial charge in [0.1, 0.15) is 5.75 Å². The van der Waals surface area contributed by atoms with E-state index >= 15 is 0 Å². The molecule has 0 saturated heterocycles. The fraction of sp³-hybridized carbons (Fsp3) is 0.500. The Kier molecular flexibility index (Phi) is 3.22. The maximum atomic E-state index is 5.66. The van der Waals surface area contributed by atoms with Crippen LogP contribution in [0.15, 0.2) is 23.1 Å². The van der Waals surface area contributed by atoms with Crippen LogP contribution in [0, 0.1) is 0 Å². The molecule has 0 bridgehead atoms. The van der Waals surface area contributed by atoms with Crippen LogP contribution in [0.3, 0.4) is 0 Å². The number of hydrogen-bond acceptors (Lipinski definition) is 3. The highest BCUT2D eigenvalue weighted by Gasteiger charge is 2.29.